The quantitative estimate of drug-likeness (QED) is 0.800. The maximum atomic E-state index is 12.0. The summed E-state index contributed by atoms with van der Waals surface area (Å²) in [5.74, 6) is -0.202. The number of hydrogen-bond acceptors (Lipinski definition) is 2. The molecule has 1 radical (unpaired) electrons. The first-order chi connectivity index (χ1) is 7.60. The largest absolute Gasteiger partial charge is 0.290 e. The highest BCUT2D eigenvalue weighted by molar-refractivity contribution is 7.91. The van der Waals surface area contributed by atoms with Crippen molar-refractivity contribution in [3.63, 3.8) is 0 Å². The predicted octanol–water partition coefficient (Wildman–Crippen LogP) is 2.66. The van der Waals surface area contributed by atoms with Gasteiger partial charge in [-0.3, -0.25) is 5.11 Å². The van der Waals surface area contributed by atoms with Crippen LogP contribution in [-0.2, 0) is 14.9 Å². The Morgan fingerprint density at radius 1 is 0.688 bits per heavy atom. The topological polar surface area (TPSA) is 54.0 Å². The lowest BCUT2D eigenvalue weighted by atomic mass is 10.3. The van der Waals surface area contributed by atoms with Crippen LogP contribution in [0.15, 0.2) is 64.4 Å². The number of rotatable bonds is 2. The third kappa shape index (κ3) is 1.92. The maximum Gasteiger partial charge on any atom is 0.206 e. The van der Waals surface area contributed by atoms with Crippen LogP contribution in [-0.4, -0.2) is 8.42 Å². The fourth-order valence-electron chi connectivity index (χ4n) is 1.35. The highest BCUT2D eigenvalue weighted by atomic mass is 32.2. The van der Waals surface area contributed by atoms with Crippen molar-refractivity contribution in [2.24, 2.45) is 0 Å². The van der Waals surface area contributed by atoms with E-state index in [4.69, 9.17) is 0 Å². The van der Waals surface area contributed by atoms with Gasteiger partial charge in [-0.15, -0.1) is 0 Å². The van der Waals surface area contributed by atoms with E-state index in [1.807, 2.05) is 0 Å². The molecule has 0 heterocycles. The Morgan fingerprint density at radius 3 is 1.75 bits per heavy atom. The Hall–Kier alpha value is -1.81. The van der Waals surface area contributed by atoms with Gasteiger partial charge in [0.2, 0.25) is 9.84 Å². The van der Waals surface area contributed by atoms with Crippen molar-refractivity contribution < 1.29 is 13.5 Å². The van der Waals surface area contributed by atoms with Crippen LogP contribution in [0.5, 0.6) is 5.75 Å². The Labute approximate surface area is 93.9 Å². The maximum absolute atomic E-state index is 12.0. The molecule has 0 aliphatic carbocycles. The summed E-state index contributed by atoms with van der Waals surface area (Å²) >= 11 is 0. The molecule has 0 unspecified atom stereocenters. The Balaban J connectivity index is 2.52. The van der Waals surface area contributed by atoms with Crippen molar-refractivity contribution in [3.8, 4) is 5.75 Å². The average Bonchev–Trinajstić information content (AvgIpc) is 2.31. The van der Waals surface area contributed by atoms with Gasteiger partial charge in [0.1, 0.15) is 0 Å². The first kappa shape index (κ1) is 10.7. The monoisotopic (exact) mass is 233 g/mol. The molecule has 0 aliphatic rings. The van der Waals surface area contributed by atoms with Crippen molar-refractivity contribution in [1.82, 2.24) is 0 Å². The minimum atomic E-state index is -3.49. The second-order valence-electron chi connectivity index (χ2n) is 3.29. The van der Waals surface area contributed by atoms with Crippen LogP contribution < -0.4 is 0 Å². The highest BCUT2D eigenvalue weighted by Gasteiger charge is 2.16. The zero-order chi connectivity index (χ0) is 11.6. The summed E-state index contributed by atoms with van der Waals surface area (Å²) in [6.45, 7) is 0. The van der Waals surface area contributed by atoms with Crippen LogP contribution in [0.1, 0.15) is 0 Å². The van der Waals surface area contributed by atoms with E-state index < -0.39 is 9.84 Å². The molecule has 81 valence electrons. The first-order valence-electron chi connectivity index (χ1n) is 4.68. The molecule has 0 aromatic heterocycles. The van der Waals surface area contributed by atoms with E-state index >= 15 is 0 Å². The lowest BCUT2D eigenvalue weighted by Gasteiger charge is -2.03. The van der Waals surface area contributed by atoms with Gasteiger partial charge in [0.25, 0.3) is 0 Å². The van der Waals surface area contributed by atoms with E-state index in [0.717, 1.165) is 0 Å². The highest BCUT2D eigenvalue weighted by Crippen LogP contribution is 2.22. The van der Waals surface area contributed by atoms with Gasteiger partial charge < -0.3 is 0 Å². The second kappa shape index (κ2) is 3.98. The number of hydrogen-bond donors (Lipinski definition) is 0. The molecule has 0 bridgehead atoms. The molecule has 0 fully saturated rings. The molecule has 0 amide bonds. The Bertz CT molecular complexity index is 571. The fourth-order valence-corrected chi connectivity index (χ4v) is 2.64. The molecule has 0 spiro atoms. The molecule has 0 N–H and O–H groups in total. The van der Waals surface area contributed by atoms with Gasteiger partial charge in [0, 0.05) is 0 Å². The molecule has 0 saturated carbocycles. The third-order valence-electron chi connectivity index (χ3n) is 2.19. The van der Waals surface area contributed by atoms with Gasteiger partial charge in [0.15, 0.2) is 5.75 Å². The SMILES string of the molecule is [O]c1ccc(S(=O)(=O)c2ccccc2)cc1. The van der Waals surface area contributed by atoms with Crippen LogP contribution >= 0.6 is 0 Å². The normalized spacial score (nSPS) is 11.2. The summed E-state index contributed by atoms with van der Waals surface area (Å²) in [6.07, 6.45) is 0. The smallest absolute Gasteiger partial charge is 0.206 e. The number of sulfone groups is 1. The van der Waals surface area contributed by atoms with Crippen molar-refractivity contribution >= 4 is 9.84 Å². The van der Waals surface area contributed by atoms with Crippen molar-refractivity contribution in [2.75, 3.05) is 0 Å². The number of benzene rings is 2. The molecule has 2 rings (SSSR count). The van der Waals surface area contributed by atoms with Gasteiger partial charge in [-0.2, -0.15) is 0 Å². The lowest BCUT2D eigenvalue weighted by molar-refractivity contribution is 0.354. The summed E-state index contributed by atoms with van der Waals surface area (Å²) in [4.78, 5) is 0.368. The zero-order valence-electron chi connectivity index (χ0n) is 8.33. The summed E-state index contributed by atoms with van der Waals surface area (Å²) in [5.41, 5.74) is 0. The standard InChI is InChI=1S/C12H9O3S/c13-10-6-8-12(9-7-10)16(14,15)11-4-2-1-3-5-11/h1-9H. The molecule has 0 aliphatic heterocycles. The third-order valence-corrected chi connectivity index (χ3v) is 3.97. The first-order valence-corrected chi connectivity index (χ1v) is 6.16. The van der Waals surface area contributed by atoms with Crippen LogP contribution in [0, 0.1) is 0 Å². The molecule has 3 nitrogen and oxygen atoms in total. The van der Waals surface area contributed by atoms with Crippen molar-refractivity contribution in [2.45, 2.75) is 9.79 Å². The summed E-state index contributed by atoms with van der Waals surface area (Å²) in [6, 6.07) is 13.3. The molecule has 16 heavy (non-hydrogen) atoms. The van der Waals surface area contributed by atoms with Crippen molar-refractivity contribution in [3.05, 3.63) is 54.6 Å². The lowest BCUT2D eigenvalue weighted by Crippen LogP contribution is -2.00. The van der Waals surface area contributed by atoms with E-state index in [1.165, 1.54) is 36.4 Å². The molecular formula is C12H9O3S. The Kier molecular flexibility index (Phi) is 2.66. The minimum Gasteiger partial charge on any atom is -0.290 e. The van der Waals surface area contributed by atoms with E-state index in [1.54, 1.807) is 18.2 Å². The van der Waals surface area contributed by atoms with E-state index in [9.17, 15) is 13.5 Å². The van der Waals surface area contributed by atoms with Gasteiger partial charge in [-0.05, 0) is 36.4 Å². The van der Waals surface area contributed by atoms with Crippen LogP contribution in [0.3, 0.4) is 0 Å². The summed E-state index contributed by atoms with van der Waals surface area (Å²) in [5, 5.41) is 10.9. The minimum absolute atomic E-state index is 0.137. The summed E-state index contributed by atoms with van der Waals surface area (Å²) in [7, 11) is -3.49. The van der Waals surface area contributed by atoms with Gasteiger partial charge in [-0.25, -0.2) is 8.42 Å². The van der Waals surface area contributed by atoms with Gasteiger partial charge >= 0.3 is 0 Å². The molecular weight excluding hydrogens is 224 g/mol. The van der Waals surface area contributed by atoms with Gasteiger partial charge in [-0.1, -0.05) is 18.2 Å². The Morgan fingerprint density at radius 2 is 1.19 bits per heavy atom. The zero-order valence-corrected chi connectivity index (χ0v) is 9.15. The van der Waals surface area contributed by atoms with Crippen LogP contribution in [0.25, 0.3) is 0 Å². The van der Waals surface area contributed by atoms with Crippen molar-refractivity contribution in [1.29, 1.82) is 0 Å². The fraction of sp³-hybridized carbons (Fsp3) is 0. The van der Waals surface area contributed by atoms with E-state index in [0.29, 0.717) is 0 Å². The molecule has 0 saturated heterocycles. The molecule has 4 heteroatoms. The molecule has 2 aromatic carbocycles. The predicted molar refractivity (Wildman–Crippen MR) is 58.5 cm³/mol. The van der Waals surface area contributed by atoms with E-state index in [2.05, 4.69) is 0 Å². The average molecular weight is 233 g/mol. The summed E-state index contributed by atoms with van der Waals surface area (Å²) < 4.78 is 24.1. The molecule has 0 atom stereocenters. The van der Waals surface area contributed by atoms with Gasteiger partial charge in [0.05, 0.1) is 9.79 Å². The molecule has 2 aromatic rings. The van der Waals surface area contributed by atoms with E-state index in [-0.39, 0.29) is 15.5 Å². The van der Waals surface area contributed by atoms with Crippen LogP contribution in [0.2, 0.25) is 0 Å². The second-order valence-corrected chi connectivity index (χ2v) is 5.24. The van der Waals surface area contributed by atoms with Crippen LogP contribution in [0.4, 0.5) is 0 Å².